The van der Waals surface area contributed by atoms with Gasteiger partial charge in [0.05, 0.1) is 24.4 Å². The molecule has 0 fully saturated rings. The number of hydrogen-bond donors (Lipinski definition) is 7. The molecular weight excluding hydrogens is 518 g/mol. The lowest BCUT2D eigenvalue weighted by Gasteiger charge is -2.15. The lowest BCUT2D eigenvalue weighted by Crippen LogP contribution is -2.41. The monoisotopic (exact) mass is 543 g/mol. The number of carbonyl (C=O) groups excluding carboxylic acids is 2. The lowest BCUT2D eigenvalue weighted by atomic mass is 10.00. The van der Waals surface area contributed by atoms with E-state index in [1.165, 1.54) is 18.3 Å². The molecular formula is C23H25N7O7S. The number of Topliss-reactive ketones (excluding diaryl/α,β-unsaturated/α-hetero) is 1. The van der Waals surface area contributed by atoms with Crippen LogP contribution in [0.4, 0.5) is 11.6 Å². The molecule has 0 unspecified atom stereocenters. The molecule has 7 N–H and O–H groups in total. The maximum atomic E-state index is 12.6. The Labute approximate surface area is 220 Å². The molecule has 2 aromatic heterocycles. The fourth-order valence-electron chi connectivity index (χ4n) is 3.40. The molecule has 0 saturated heterocycles. The molecule has 15 heteroatoms. The number of aromatic amines is 1. The van der Waals surface area contributed by atoms with E-state index in [0.717, 1.165) is 0 Å². The first-order valence-electron chi connectivity index (χ1n) is 11.3. The number of H-pyrrole nitrogens is 1. The van der Waals surface area contributed by atoms with Crippen LogP contribution in [0.2, 0.25) is 0 Å². The summed E-state index contributed by atoms with van der Waals surface area (Å²) in [6.45, 7) is 0.212. The number of ketones is 1. The molecule has 3 aromatic rings. The second kappa shape index (κ2) is 12.6. The van der Waals surface area contributed by atoms with Gasteiger partial charge in [0.2, 0.25) is 5.95 Å². The highest BCUT2D eigenvalue weighted by Crippen LogP contribution is 2.14. The van der Waals surface area contributed by atoms with Crippen molar-refractivity contribution in [3.05, 3.63) is 52.1 Å². The summed E-state index contributed by atoms with van der Waals surface area (Å²) in [5.74, 6) is -4.59. The summed E-state index contributed by atoms with van der Waals surface area (Å²) >= 11 is 3.90. The topological polar surface area (TPSA) is 230 Å². The Kier molecular flexibility index (Phi) is 9.32. The van der Waals surface area contributed by atoms with Crippen molar-refractivity contribution in [2.24, 2.45) is 5.92 Å². The number of anilines is 2. The number of nitrogens with zero attached hydrogens (tertiary/aromatic N) is 3. The number of carboxylic acids is 2. The van der Waals surface area contributed by atoms with Crippen LogP contribution in [0.3, 0.4) is 0 Å². The summed E-state index contributed by atoms with van der Waals surface area (Å²) < 4.78 is 0. The van der Waals surface area contributed by atoms with Gasteiger partial charge in [0.1, 0.15) is 11.8 Å². The molecule has 0 saturated carbocycles. The van der Waals surface area contributed by atoms with Crippen molar-refractivity contribution < 1.29 is 29.4 Å². The Morgan fingerprint density at radius 1 is 1.08 bits per heavy atom. The van der Waals surface area contributed by atoms with Crippen molar-refractivity contribution in [3.63, 3.8) is 0 Å². The minimum absolute atomic E-state index is 0.0203. The largest absolute Gasteiger partial charge is 0.481 e. The van der Waals surface area contributed by atoms with Gasteiger partial charge in [-0.1, -0.05) is 0 Å². The highest BCUT2D eigenvalue weighted by atomic mass is 32.1. The number of nitrogens with two attached hydrogens (primary N) is 1. The van der Waals surface area contributed by atoms with Crippen molar-refractivity contribution in [1.82, 2.24) is 25.3 Å². The van der Waals surface area contributed by atoms with E-state index < -0.39 is 41.1 Å². The van der Waals surface area contributed by atoms with E-state index in [4.69, 9.17) is 10.8 Å². The van der Waals surface area contributed by atoms with Gasteiger partial charge in [0, 0.05) is 29.8 Å². The number of benzene rings is 1. The van der Waals surface area contributed by atoms with E-state index in [2.05, 4.69) is 43.2 Å². The van der Waals surface area contributed by atoms with Crippen LogP contribution in [0.5, 0.6) is 0 Å². The van der Waals surface area contributed by atoms with Crippen LogP contribution >= 0.6 is 12.6 Å². The first-order valence-corrected chi connectivity index (χ1v) is 11.9. The lowest BCUT2D eigenvalue weighted by molar-refractivity contribution is -0.143. The van der Waals surface area contributed by atoms with Gasteiger partial charge in [-0.3, -0.25) is 24.2 Å². The standard InChI is InChI=1S/C23H25N7O7S/c24-23-29-18-17(20(33)30-23)27-14(9-26-18)8-25-13-3-1-11(2-4-13)19(32)28-16(22(36)37)6-5-15(31)7-12(10-38)21(34)35/h1-4,9,12,16,25,38H,5-8,10H2,(H,28,32)(H,34,35)(H,36,37)(H3,24,26,29,30,33)/t12-,16-/m0/s1. The predicted molar refractivity (Wildman–Crippen MR) is 139 cm³/mol. The smallest absolute Gasteiger partial charge is 0.326 e. The Morgan fingerprint density at radius 3 is 2.42 bits per heavy atom. The first-order chi connectivity index (χ1) is 18.1. The van der Waals surface area contributed by atoms with Crippen molar-refractivity contribution >= 4 is 59.1 Å². The van der Waals surface area contributed by atoms with Gasteiger partial charge in [-0.25, -0.2) is 14.8 Å². The molecule has 1 amide bonds. The number of thiol groups is 1. The zero-order valence-corrected chi connectivity index (χ0v) is 20.8. The zero-order valence-electron chi connectivity index (χ0n) is 19.9. The Morgan fingerprint density at radius 2 is 1.79 bits per heavy atom. The molecule has 1 aromatic carbocycles. The molecule has 2 heterocycles. The molecule has 3 rings (SSSR count). The molecule has 38 heavy (non-hydrogen) atoms. The van der Waals surface area contributed by atoms with Crippen LogP contribution in [0.1, 0.15) is 35.3 Å². The van der Waals surface area contributed by atoms with Gasteiger partial charge in [-0.15, -0.1) is 0 Å². The number of fused-ring (bicyclic) bond motifs is 1. The average molecular weight is 544 g/mol. The zero-order chi connectivity index (χ0) is 27.8. The number of nitrogens with one attached hydrogen (secondary N) is 3. The van der Waals surface area contributed by atoms with E-state index in [9.17, 15) is 29.1 Å². The third-order valence-electron chi connectivity index (χ3n) is 5.47. The highest BCUT2D eigenvalue weighted by Gasteiger charge is 2.24. The second-order valence-corrected chi connectivity index (χ2v) is 8.64. The molecule has 0 aliphatic heterocycles. The molecule has 0 radical (unpaired) electrons. The third-order valence-corrected chi connectivity index (χ3v) is 5.91. The van der Waals surface area contributed by atoms with Crippen LogP contribution in [0, 0.1) is 5.92 Å². The van der Waals surface area contributed by atoms with Crippen molar-refractivity contribution in [3.8, 4) is 0 Å². The maximum absolute atomic E-state index is 12.6. The summed E-state index contributed by atoms with van der Waals surface area (Å²) in [7, 11) is 0. The second-order valence-electron chi connectivity index (χ2n) is 8.28. The minimum atomic E-state index is -1.33. The molecule has 0 aliphatic carbocycles. The number of carboxylic acid groups (broad SMARTS) is 2. The Balaban J connectivity index is 1.56. The van der Waals surface area contributed by atoms with Gasteiger partial charge in [0.25, 0.3) is 11.5 Å². The third kappa shape index (κ3) is 7.49. The van der Waals surface area contributed by atoms with Gasteiger partial charge >= 0.3 is 11.9 Å². The van der Waals surface area contributed by atoms with Crippen LogP contribution in [-0.4, -0.2) is 65.6 Å². The number of carbonyl (C=O) groups is 4. The van der Waals surface area contributed by atoms with Crippen molar-refractivity contribution in [1.29, 1.82) is 0 Å². The number of aromatic nitrogens is 4. The number of nitrogen functional groups attached to an aromatic ring is 1. The van der Waals surface area contributed by atoms with E-state index in [-0.39, 0.29) is 54.2 Å². The minimum Gasteiger partial charge on any atom is -0.481 e. The average Bonchev–Trinajstić information content (AvgIpc) is 2.88. The van der Waals surface area contributed by atoms with Crippen molar-refractivity contribution in [2.45, 2.75) is 31.8 Å². The molecule has 0 spiro atoms. The normalized spacial score (nSPS) is 12.4. The van der Waals surface area contributed by atoms with Crippen LogP contribution in [0.25, 0.3) is 11.2 Å². The summed E-state index contributed by atoms with van der Waals surface area (Å²) in [4.78, 5) is 73.8. The molecule has 200 valence electrons. The maximum Gasteiger partial charge on any atom is 0.326 e. The Hall–Kier alpha value is -4.53. The van der Waals surface area contributed by atoms with E-state index >= 15 is 0 Å². The molecule has 2 atom stereocenters. The first kappa shape index (κ1) is 28.0. The summed E-state index contributed by atoms with van der Waals surface area (Å²) in [6.07, 6.45) is 0.793. The van der Waals surface area contributed by atoms with E-state index in [1.807, 2.05) is 0 Å². The van der Waals surface area contributed by atoms with Crippen LogP contribution < -0.4 is 21.9 Å². The Bertz CT molecular complexity index is 1410. The molecule has 0 bridgehead atoms. The molecule has 14 nitrogen and oxygen atoms in total. The number of aliphatic carboxylic acids is 2. The van der Waals surface area contributed by atoms with Crippen molar-refractivity contribution in [2.75, 3.05) is 16.8 Å². The SMILES string of the molecule is Nc1nc2ncc(CNc3ccc(C(=O)N[C@@H](CCC(=O)C[C@@H](CS)C(=O)O)C(=O)O)cc3)nc2c(=O)[nH]1. The van der Waals surface area contributed by atoms with Crippen LogP contribution in [-0.2, 0) is 20.9 Å². The summed E-state index contributed by atoms with van der Waals surface area (Å²) in [5.41, 5.74) is 6.41. The van der Waals surface area contributed by atoms with Crippen LogP contribution in [0.15, 0.2) is 35.3 Å². The van der Waals surface area contributed by atoms with Gasteiger partial charge < -0.3 is 26.6 Å². The van der Waals surface area contributed by atoms with Gasteiger partial charge in [-0.05, 0) is 30.7 Å². The number of rotatable bonds is 13. The fraction of sp³-hybridized carbons (Fsp3) is 0.304. The van der Waals surface area contributed by atoms with Gasteiger partial charge in [0.15, 0.2) is 11.2 Å². The summed E-state index contributed by atoms with van der Waals surface area (Å²) in [5, 5.41) is 23.9. The molecule has 0 aliphatic rings. The number of amides is 1. The fourth-order valence-corrected chi connectivity index (χ4v) is 3.68. The van der Waals surface area contributed by atoms with E-state index in [1.54, 1.807) is 12.1 Å². The summed E-state index contributed by atoms with van der Waals surface area (Å²) in [6, 6.07) is 4.83. The van der Waals surface area contributed by atoms with E-state index in [0.29, 0.717) is 11.4 Å². The highest BCUT2D eigenvalue weighted by molar-refractivity contribution is 7.80. The number of hydrogen-bond acceptors (Lipinski definition) is 11. The van der Waals surface area contributed by atoms with Gasteiger partial charge in [-0.2, -0.15) is 17.6 Å². The predicted octanol–water partition coefficient (Wildman–Crippen LogP) is 0.460. The quantitative estimate of drug-likeness (QED) is 0.146.